The largest absolute Gasteiger partial charge is 0.355 e. The Labute approximate surface area is 160 Å². The third-order valence-corrected chi connectivity index (χ3v) is 5.80. The molecule has 1 N–H and O–H groups in total. The summed E-state index contributed by atoms with van der Waals surface area (Å²) in [6, 6.07) is 17.7. The zero-order valence-corrected chi connectivity index (χ0v) is 15.8. The van der Waals surface area contributed by atoms with Crippen LogP contribution >= 0.6 is 34.7 Å². The molecule has 0 unspecified atom stereocenters. The molecule has 3 aromatic rings. The number of halogens is 1. The third kappa shape index (κ3) is 5.59. The van der Waals surface area contributed by atoms with Crippen molar-refractivity contribution in [2.75, 3.05) is 12.3 Å². The average Bonchev–Trinajstić information content (AvgIpc) is 3.10. The first-order valence-electron chi connectivity index (χ1n) is 7.85. The highest BCUT2D eigenvalue weighted by Gasteiger charge is 2.08. The lowest BCUT2D eigenvalue weighted by Gasteiger charge is -2.04. The van der Waals surface area contributed by atoms with Crippen LogP contribution in [0.15, 0.2) is 64.3 Å². The molecule has 1 amide bonds. The molecule has 0 aliphatic rings. The molecule has 1 aromatic heterocycles. The maximum Gasteiger partial charge on any atom is 0.230 e. The van der Waals surface area contributed by atoms with E-state index in [0.717, 1.165) is 22.0 Å². The molecule has 3 rings (SSSR count). The van der Waals surface area contributed by atoms with E-state index < -0.39 is 0 Å². The minimum absolute atomic E-state index is 0.0316. The van der Waals surface area contributed by atoms with Crippen molar-refractivity contribution in [1.29, 1.82) is 0 Å². The first-order chi connectivity index (χ1) is 12.2. The smallest absolute Gasteiger partial charge is 0.230 e. The van der Waals surface area contributed by atoms with Gasteiger partial charge in [-0.3, -0.25) is 4.79 Å². The Morgan fingerprint density at radius 1 is 1.12 bits per heavy atom. The van der Waals surface area contributed by atoms with Crippen LogP contribution in [-0.4, -0.2) is 23.2 Å². The quantitative estimate of drug-likeness (QED) is 0.584. The van der Waals surface area contributed by atoms with Crippen LogP contribution in [0.5, 0.6) is 0 Å². The highest BCUT2D eigenvalue weighted by Crippen LogP contribution is 2.28. The molecule has 0 fully saturated rings. The van der Waals surface area contributed by atoms with Crippen LogP contribution in [0.4, 0.5) is 0 Å². The van der Waals surface area contributed by atoms with Gasteiger partial charge in [-0.15, -0.1) is 11.3 Å². The SMILES string of the molecule is O=C(CSc1nc(-c2ccc(Cl)cc2)cs1)NCCc1ccccc1. The van der Waals surface area contributed by atoms with Gasteiger partial charge in [-0.2, -0.15) is 0 Å². The molecule has 0 bridgehead atoms. The standard InChI is InChI=1S/C19H17ClN2OS2/c20-16-8-6-15(7-9-16)17-12-24-19(22-17)25-13-18(23)21-11-10-14-4-2-1-3-5-14/h1-9,12H,10-11,13H2,(H,21,23). The number of amides is 1. The first-order valence-corrected chi connectivity index (χ1v) is 10.1. The van der Waals surface area contributed by atoms with E-state index >= 15 is 0 Å². The topological polar surface area (TPSA) is 42.0 Å². The molecule has 0 aliphatic carbocycles. The number of nitrogens with one attached hydrogen (secondary N) is 1. The van der Waals surface area contributed by atoms with Crippen molar-refractivity contribution in [2.45, 2.75) is 10.8 Å². The van der Waals surface area contributed by atoms with Crippen molar-refractivity contribution in [3.63, 3.8) is 0 Å². The summed E-state index contributed by atoms with van der Waals surface area (Å²) in [5, 5.41) is 5.66. The Kier molecular flexibility index (Phi) is 6.50. The minimum atomic E-state index is 0.0316. The van der Waals surface area contributed by atoms with Gasteiger partial charge in [0.1, 0.15) is 0 Å². The Hall–Kier alpha value is -1.82. The predicted molar refractivity (Wildman–Crippen MR) is 106 cm³/mol. The van der Waals surface area contributed by atoms with Crippen LogP contribution in [0.3, 0.4) is 0 Å². The summed E-state index contributed by atoms with van der Waals surface area (Å²) in [6.07, 6.45) is 0.842. The number of benzene rings is 2. The van der Waals surface area contributed by atoms with Gasteiger partial charge in [0.05, 0.1) is 11.4 Å². The van der Waals surface area contributed by atoms with Gasteiger partial charge in [-0.25, -0.2) is 4.98 Å². The maximum atomic E-state index is 12.0. The minimum Gasteiger partial charge on any atom is -0.355 e. The van der Waals surface area contributed by atoms with Crippen LogP contribution < -0.4 is 5.32 Å². The van der Waals surface area contributed by atoms with E-state index in [-0.39, 0.29) is 5.91 Å². The van der Waals surface area contributed by atoms with Gasteiger partial charge in [0, 0.05) is 22.5 Å². The van der Waals surface area contributed by atoms with Gasteiger partial charge in [0.25, 0.3) is 0 Å². The fourth-order valence-corrected chi connectivity index (χ4v) is 4.04. The summed E-state index contributed by atoms with van der Waals surface area (Å²) >= 11 is 8.92. The van der Waals surface area contributed by atoms with E-state index in [4.69, 9.17) is 11.6 Å². The number of aromatic nitrogens is 1. The Balaban J connectivity index is 1.44. The van der Waals surface area contributed by atoms with Gasteiger partial charge >= 0.3 is 0 Å². The van der Waals surface area contributed by atoms with Gasteiger partial charge in [0.15, 0.2) is 4.34 Å². The van der Waals surface area contributed by atoms with Gasteiger partial charge in [-0.1, -0.05) is 65.8 Å². The highest BCUT2D eigenvalue weighted by molar-refractivity contribution is 8.01. The molecule has 0 atom stereocenters. The summed E-state index contributed by atoms with van der Waals surface area (Å²) in [5.74, 6) is 0.409. The third-order valence-electron chi connectivity index (χ3n) is 3.53. The summed E-state index contributed by atoms with van der Waals surface area (Å²) in [5.41, 5.74) is 3.16. The highest BCUT2D eigenvalue weighted by atomic mass is 35.5. The van der Waals surface area contributed by atoms with Crippen molar-refractivity contribution in [3.8, 4) is 11.3 Å². The van der Waals surface area contributed by atoms with Crippen molar-refractivity contribution >= 4 is 40.6 Å². The second-order valence-corrected chi connectivity index (χ2v) is 7.90. The number of hydrogen-bond donors (Lipinski definition) is 1. The second-order valence-electron chi connectivity index (χ2n) is 5.38. The van der Waals surface area contributed by atoms with Crippen molar-refractivity contribution in [2.24, 2.45) is 0 Å². The van der Waals surface area contributed by atoms with E-state index in [1.807, 2.05) is 47.8 Å². The number of nitrogens with zero attached hydrogens (tertiary/aromatic N) is 1. The van der Waals surface area contributed by atoms with Gasteiger partial charge in [-0.05, 0) is 24.1 Å². The molecule has 0 aliphatic heterocycles. The van der Waals surface area contributed by atoms with Crippen LogP contribution in [-0.2, 0) is 11.2 Å². The molecule has 0 spiro atoms. The lowest BCUT2D eigenvalue weighted by Crippen LogP contribution is -2.27. The normalized spacial score (nSPS) is 10.6. The lowest BCUT2D eigenvalue weighted by atomic mass is 10.1. The van der Waals surface area contributed by atoms with Crippen LogP contribution in [0.25, 0.3) is 11.3 Å². The number of carbonyl (C=O) groups excluding carboxylic acids is 1. The van der Waals surface area contributed by atoms with Crippen molar-refractivity contribution in [1.82, 2.24) is 10.3 Å². The molecule has 128 valence electrons. The number of thioether (sulfide) groups is 1. The predicted octanol–water partition coefficient (Wildman–Crippen LogP) is 4.91. The molecule has 6 heteroatoms. The molecule has 3 nitrogen and oxygen atoms in total. The van der Waals surface area contributed by atoms with Crippen molar-refractivity contribution < 1.29 is 4.79 Å². The number of hydrogen-bond acceptors (Lipinski definition) is 4. The summed E-state index contributed by atoms with van der Waals surface area (Å²) in [6.45, 7) is 0.650. The Bertz CT molecular complexity index is 819. The average molecular weight is 389 g/mol. The van der Waals surface area contributed by atoms with E-state index in [1.54, 1.807) is 11.3 Å². The molecule has 25 heavy (non-hydrogen) atoms. The number of thiazole rings is 1. The second kappa shape index (κ2) is 9.04. The molecule has 0 radical (unpaired) electrons. The molecule has 2 aromatic carbocycles. The zero-order valence-electron chi connectivity index (χ0n) is 13.4. The lowest BCUT2D eigenvalue weighted by molar-refractivity contribution is -0.118. The molecular weight excluding hydrogens is 372 g/mol. The Morgan fingerprint density at radius 3 is 2.64 bits per heavy atom. The molecule has 0 saturated heterocycles. The first kappa shape index (κ1) is 18.0. The summed E-state index contributed by atoms with van der Waals surface area (Å²) in [7, 11) is 0. The van der Waals surface area contributed by atoms with E-state index in [9.17, 15) is 4.79 Å². The number of carbonyl (C=O) groups is 1. The van der Waals surface area contributed by atoms with E-state index in [0.29, 0.717) is 17.3 Å². The maximum absolute atomic E-state index is 12.0. The fraction of sp³-hybridized carbons (Fsp3) is 0.158. The fourth-order valence-electron chi connectivity index (χ4n) is 2.25. The number of rotatable bonds is 7. The monoisotopic (exact) mass is 388 g/mol. The zero-order chi connectivity index (χ0) is 17.5. The molecule has 1 heterocycles. The van der Waals surface area contributed by atoms with Crippen LogP contribution in [0, 0.1) is 0 Å². The van der Waals surface area contributed by atoms with E-state index in [2.05, 4.69) is 22.4 Å². The van der Waals surface area contributed by atoms with Gasteiger partial charge in [0.2, 0.25) is 5.91 Å². The molecule has 0 saturated carbocycles. The Morgan fingerprint density at radius 2 is 1.88 bits per heavy atom. The van der Waals surface area contributed by atoms with Crippen molar-refractivity contribution in [3.05, 3.63) is 70.6 Å². The molecular formula is C19H17ClN2OS2. The van der Waals surface area contributed by atoms with E-state index in [1.165, 1.54) is 17.3 Å². The van der Waals surface area contributed by atoms with Crippen LogP contribution in [0.2, 0.25) is 5.02 Å². The summed E-state index contributed by atoms with van der Waals surface area (Å²) < 4.78 is 0.892. The van der Waals surface area contributed by atoms with Gasteiger partial charge < -0.3 is 5.32 Å². The van der Waals surface area contributed by atoms with Crippen LogP contribution in [0.1, 0.15) is 5.56 Å². The summed E-state index contributed by atoms with van der Waals surface area (Å²) in [4.78, 5) is 16.5.